The van der Waals surface area contributed by atoms with E-state index in [2.05, 4.69) is 5.32 Å². The van der Waals surface area contributed by atoms with Crippen molar-refractivity contribution in [3.63, 3.8) is 0 Å². The number of nitrogens with zero attached hydrogens (tertiary/aromatic N) is 1. The topological polar surface area (TPSA) is 72.2 Å². The Morgan fingerprint density at radius 3 is 2.84 bits per heavy atom. The number of carbonyl (C=O) groups excluding carboxylic acids is 1. The molecular weight excluding hydrogens is 288 g/mol. The third-order valence-electron chi connectivity index (χ3n) is 2.47. The molecule has 1 aromatic rings. The molecule has 0 fully saturated rings. The van der Waals surface area contributed by atoms with Gasteiger partial charge in [-0.2, -0.15) is 11.8 Å². The molecule has 7 heteroatoms. The van der Waals surface area contributed by atoms with Crippen molar-refractivity contribution in [1.29, 1.82) is 0 Å². The van der Waals surface area contributed by atoms with E-state index in [1.165, 1.54) is 18.2 Å². The van der Waals surface area contributed by atoms with Gasteiger partial charge in [-0.15, -0.1) is 0 Å². The standard InChI is InChI=1S/C12H15ClN2O3S/c1-8(7-19-2)6-14-12(16)10-5-9(15(17)18)3-4-11(10)13/h3-5,8H,6-7H2,1-2H3,(H,14,16). The van der Waals surface area contributed by atoms with Crippen molar-refractivity contribution >= 4 is 35.0 Å². The van der Waals surface area contributed by atoms with Crippen LogP contribution in [0.4, 0.5) is 5.69 Å². The number of thioether (sulfide) groups is 1. The summed E-state index contributed by atoms with van der Waals surface area (Å²) in [5.41, 5.74) is -0.0149. The number of hydrogen-bond acceptors (Lipinski definition) is 4. The maximum atomic E-state index is 11.9. The summed E-state index contributed by atoms with van der Waals surface area (Å²) in [5.74, 6) is 0.876. The van der Waals surface area contributed by atoms with Crippen LogP contribution >= 0.6 is 23.4 Å². The van der Waals surface area contributed by atoms with E-state index in [0.717, 1.165) is 5.75 Å². The van der Waals surface area contributed by atoms with Crippen LogP contribution in [0.25, 0.3) is 0 Å². The summed E-state index contributed by atoms with van der Waals surface area (Å²) in [6, 6.07) is 3.83. The summed E-state index contributed by atoms with van der Waals surface area (Å²) < 4.78 is 0. The van der Waals surface area contributed by atoms with Gasteiger partial charge in [0.05, 0.1) is 15.5 Å². The molecule has 0 aliphatic rings. The molecule has 0 aromatic heterocycles. The first-order chi connectivity index (χ1) is 8.95. The predicted molar refractivity (Wildman–Crippen MR) is 78.0 cm³/mol. The van der Waals surface area contributed by atoms with Crippen molar-refractivity contribution in [2.24, 2.45) is 5.92 Å². The van der Waals surface area contributed by atoms with Gasteiger partial charge in [0.1, 0.15) is 0 Å². The van der Waals surface area contributed by atoms with Crippen LogP contribution in [0.5, 0.6) is 0 Å². The van der Waals surface area contributed by atoms with Gasteiger partial charge in [-0.05, 0) is 24.0 Å². The quantitative estimate of drug-likeness (QED) is 0.647. The maximum absolute atomic E-state index is 11.9. The molecule has 19 heavy (non-hydrogen) atoms. The Labute approximate surface area is 120 Å². The van der Waals surface area contributed by atoms with Crippen LogP contribution < -0.4 is 5.32 Å². The minimum atomic E-state index is -0.552. The highest BCUT2D eigenvalue weighted by atomic mass is 35.5. The van der Waals surface area contributed by atoms with Gasteiger partial charge in [0, 0.05) is 18.7 Å². The zero-order chi connectivity index (χ0) is 14.4. The molecule has 0 heterocycles. The second-order valence-corrected chi connectivity index (χ2v) is 5.51. The average molecular weight is 303 g/mol. The fourth-order valence-corrected chi connectivity index (χ4v) is 2.40. The van der Waals surface area contributed by atoms with Crippen molar-refractivity contribution in [3.05, 3.63) is 38.9 Å². The Kier molecular flexibility index (Phi) is 6.11. The number of carbonyl (C=O) groups is 1. The monoisotopic (exact) mass is 302 g/mol. The minimum Gasteiger partial charge on any atom is -0.352 e. The molecule has 5 nitrogen and oxygen atoms in total. The van der Waals surface area contributed by atoms with Crippen LogP contribution in [-0.2, 0) is 0 Å². The predicted octanol–water partition coefficient (Wildman–Crippen LogP) is 2.98. The van der Waals surface area contributed by atoms with E-state index in [1.54, 1.807) is 11.8 Å². The molecule has 1 rings (SSSR count). The first kappa shape index (κ1) is 15.8. The summed E-state index contributed by atoms with van der Waals surface area (Å²) in [6.45, 7) is 2.53. The number of non-ortho nitro benzene ring substituents is 1. The molecule has 0 saturated heterocycles. The number of benzene rings is 1. The van der Waals surface area contributed by atoms with Crippen LogP contribution in [0.2, 0.25) is 5.02 Å². The molecule has 0 aliphatic heterocycles. The van der Waals surface area contributed by atoms with Crippen LogP contribution in [0, 0.1) is 16.0 Å². The molecule has 1 amide bonds. The minimum absolute atomic E-state index is 0.132. The molecule has 1 aromatic carbocycles. The molecule has 0 radical (unpaired) electrons. The summed E-state index contributed by atoms with van der Waals surface area (Å²) >= 11 is 7.58. The lowest BCUT2D eigenvalue weighted by molar-refractivity contribution is -0.384. The number of rotatable bonds is 6. The van der Waals surface area contributed by atoms with Crippen molar-refractivity contribution in [2.75, 3.05) is 18.6 Å². The highest BCUT2D eigenvalue weighted by Crippen LogP contribution is 2.22. The van der Waals surface area contributed by atoms with Crippen LogP contribution in [0.1, 0.15) is 17.3 Å². The lowest BCUT2D eigenvalue weighted by Gasteiger charge is -2.11. The molecule has 1 atom stereocenters. The number of nitrogens with one attached hydrogen (secondary N) is 1. The molecule has 104 valence electrons. The molecule has 0 aliphatic carbocycles. The van der Waals surface area contributed by atoms with Gasteiger partial charge in [-0.1, -0.05) is 18.5 Å². The van der Waals surface area contributed by atoms with Gasteiger partial charge in [0.2, 0.25) is 0 Å². The zero-order valence-electron chi connectivity index (χ0n) is 10.7. The number of nitro benzene ring substituents is 1. The van der Waals surface area contributed by atoms with Crippen molar-refractivity contribution in [2.45, 2.75) is 6.92 Å². The number of nitro groups is 1. The SMILES string of the molecule is CSCC(C)CNC(=O)c1cc([N+](=O)[O-])ccc1Cl. The summed E-state index contributed by atoms with van der Waals surface area (Å²) in [6.07, 6.45) is 2.00. The largest absolute Gasteiger partial charge is 0.352 e. The highest BCUT2D eigenvalue weighted by molar-refractivity contribution is 7.98. The summed E-state index contributed by atoms with van der Waals surface area (Å²) in [7, 11) is 0. The summed E-state index contributed by atoms with van der Waals surface area (Å²) in [5, 5.41) is 13.6. The third kappa shape index (κ3) is 4.72. The first-order valence-electron chi connectivity index (χ1n) is 5.66. The number of hydrogen-bond donors (Lipinski definition) is 1. The van der Waals surface area contributed by atoms with Gasteiger partial charge in [-0.3, -0.25) is 14.9 Å². The van der Waals surface area contributed by atoms with Crippen LogP contribution in [0.15, 0.2) is 18.2 Å². The van der Waals surface area contributed by atoms with Crippen molar-refractivity contribution in [3.8, 4) is 0 Å². The van der Waals surface area contributed by atoms with Gasteiger partial charge in [0.15, 0.2) is 0 Å². The van der Waals surface area contributed by atoms with Gasteiger partial charge in [-0.25, -0.2) is 0 Å². The van der Waals surface area contributed by atoms with E-state index in [-0.39, 0.29) is 22.2 Å². The third-order valence-corrected chi connectivity index (χ3v) is 3.70. The average Bonchev–Trinajstić information content (AvgIpc) is 2.36. The Morgan fingerprint density at radius 2 is 2.26 bits per heavy atom. The van der Waals surface area contributed by atoms with E-state index >= 15 is 0 Å². The van der Waals surface area contributed by atoms with E-state index in [9.17, 15) is 14.9 Å². The van der Waals surface area contributed by atoms with E-state index in [1.807, 2.05) is 13.2 Å². The number of halogens is 1. The van der Waals surface area contributed by atoms with Gasteiger partial charge >= 0.3 is 0 Å². The molecule has 0 bridgehead atoms. The van der Waals surface area contributed by atoms with Crippen LogP contribution in [0.3, 0.4) is 0 Å². The first-order valence-corrected chi connectivity index (χ1v) is 7.44. The fraction of sp³-hybridized carbons (Fsp3) is 0.417. The zero-order valence-corrected chi connectivity index (χ0v) is 12.3. The van der Waals surface area contributed by atoms with E-state index in [4.69, 9.17) is 11.6 Å². The van der Waals surface area contributed by atoms with Gasteiger partial charge < -0.3 is 5.32 Å². The Balaban J connectivity index is 2.76. The molecule has 0 spiro atoms. The Morgan fingerprint density at radius 1 is 1.58 bits per heavy atom. The molecule has 0 saturated carbocycles. The highest BCUT2D eigenvalue weighted by Gasteiger charge is 2.16. The Hall–Kier alpha value is -1.27. The summed E-state index contributed by atoms with van der Waals surface area (Å²) in [4.78, 5) is 22.0. The van der Waals surface area contributed by atoms with Crippen molar-refractivity contribution < 1.29 is 9.72 Å². The second kappa shape index (κ2) is 7.35. The smallest absolute Gasteiger partial charge is 0.270 e. The lowest BCUT2D eigenvalue weighted by atomic mass is 10.1. The van der Waals surface area contributed by atoms with Crippen molar-refractivity contribution in [1.82, 2.24) is 5.32 Å². The fourth-order valence-electron chi connectivity index (χ4n) is 1.51. The molecule has 1 N–H and O–H groups in total. The second-order valence-electron chi connectivity index (χ2n) is 4.19. The molecule has 1 unspecified atom stereocenters. The van der Waals surface area contributed by atoms with Gasteiger partial charge in [0.25, 0.3) is 11.6 Å². The normalized spacial score (nSPS) is 11.9. The maximum Gasteiger partial charge on any atom is 0.270 e. The Bertz CT molecular complexity index is 482. The van der Waals surface area contributed by atoms with E-state index < -0.39 is 4.92 Å². The molecular formula is C12H15ClN2O3S. The van der Waals surface area contributed by atoms with E-state index in [0.29, 0.717) is 12.5 Å². The number of amides is 1. The van der Waals surface area contributed by atoms with Crippen LogP contribution in [-0.4, -0.2) is 29.4 Å². The lowest BCUT2D eigenvalue weighted by Crippen LogP contribution is -2.29.